The molecule has 3 aromatic heterocycles. The monoisotopic (exact) mass is 590 g/mol. The van der Waals surface area contributed by atoms with E-state index in [1.54, 1.807) is 30.3 Å². The third-order valence-corrected chi connectivity index (χ3v) is 12.9. The fraction of sp³-hybridized carbons (Fsp3) is 0.500. The number of hydrogen-bond acceptors (Lipinski definition) is 7. The average molecular weight is 591 g/mol. The molecule has 14 heteroatoms. The van der Waals surface area contributed by atoms with Crippen molar-refractivity contribution in [1.29, 1.82) is 0 Å². The molecule has 0 N–H and O–H groups in total. The first-order chi connectivity index (χ1) is 18.8. The predicted octanol–water partition coefficient (Wildman–Crippen LogP) is 3.50. The fourth-order valence-corrected chi connectivity index (χ4v) is 10.2. The van der Waals surface area contributed by atoms with Crippen LogP contribution in [0.4, 0.5) is 8.78 Å². The van der Waals surface area contributed by atoms with E-state index in [1.807, 2.05) is 11.3 Å². The molecule has 1 saturated heterocycles. The summed E-state index contributed by atoms with van der Waals surface area (Å²) in [7, 11) is -7.65. The number of hydrogen-bond donors (Lipinski definition) is 0. The van der Waals surface area contributed by atoms with E-state index in [0.29, 0.717) is 49.7 Å². The second-order valence-electron chi connectivity index (χ2n) is 11.8. The molecule has 4 heterocycles. The van der Waals surface area contributed by atoms with E-state index in [9.17, 15) is 25.6 Å². The number of benzene rings is 1. The first-order valence-corrected chi connectivity index (χ1v) is 16.3. The molecule has 10 nitrogen and oxygen atoms in total. The summed E-state index contributed by atoms with van der Waals surface area (Å²) in [5.74, 6) is -2.33. The number of rotatable bonds is 6. The number of nitrogens with zero attached hydrogens (tertiary/aromatic N) is 6. The third kappa shape index (κ3) is 3.82. The quantitative estimate of drug-likeness (QED) is 0.337. The number of sulfonamides is 1. The molecule has 0 amide bonds. The lowest BCUT2D eigenvalue weighted by Gasteiger charge is -2.53. The zero-order valence-electron chi connectivity index (χ0n) is 21.8. The standard InChI is InChI=1S/C26H28F2N6O4S2/c1-18-2-4-19(5-3-18)40(37,38)33-13-6-20-22(33)29-14-21-30-31-23(34(20)21)25-10-7-24(8-11-25,9-12-25)17-39(35,36)32-15-26(27,28)16-32/h2-6,13-14H,7-12,15-17H2,1H3. The molecule has 2 bridgehead atoms. The van der Waals surface area contributed by atoms with Gasteiger partial charge in [0.05, 0.1) is 35.5 Å². The Hall–Kier alpha value is -2.97. The minimum atomic E-state index is -3.89. The molecule has 3 saturated carbocycles. The molecule has 40 heavy (non-hydrogen) atoms. The molecule has 4 aromatic rings. The Morgan fingerprint density at radius 1 is 0.900 bits per heavy atom. The highest BCUT2D eigenvalue weighted by Crippen LogP contribution is 2.58. The molecule has 4 aliphatic rings. The third-order valence-electron chi connectivity index (χ3n) is 9.19. The lowest BCUT2D eigenvalue weighted by molar-refractivity contribution is -0.0950. The summed E-state index contributed by atoms with van der Waals surface area (Å²) < 4.78 is 83.3. The summed E-state index contributed by atoms with van der Waals surface area (Å²) in [6, 6.07) is 8.34. The highest BCUT2D eigenvalue weighted by Gasteiger charge is 2.56. The number of alkyl halides is 2. The minimum absolute atomic E-state index is 0.110. The van der Waals surface area contributed by atoms with Crippen molar-refractivity contribution >= 4 is 36.9 Å². The number of fused-ring (bicyclic) bond motifs is 6. The van der Waals surface area contributed by atoms with Gasteiger partial charge in [0.1, 0.15) is 5.82 Å². The van der Waals surface area contributed by atoms with Gasteiger partial charge in [-0.1, -0.05) is 17.7 Å². The largest absolute Gasteiger partial charge is 0.275 e. The van der Waals surface area contributed by atoms with Gasteiger partial charge in [0.15, 0.2) is 11.3 Å². The average Bonchev–Trinajstić information content (AvgIpc) is 3.53. The van der Waals surface area contributed by atoms with E-state index in [-0.39, 0.29) is 21.7 Å². The molecular formula is C26H28F2N6O4S2. The van der Waals surface area contributed by atoms with Crippen LogP contribution in [0.15, 0.2) is 47.6 Å². The molecule has 8 rings (SSSR count). The summed E-state index contributed by atoms with van der Waals surface area (Å²) in [6.07, 6.45) is 6.99. The molecule has 0 unspecified atom stereocenters. The Morgan fingerprint density at radius 2 is 1.55 bits per heavy atom. The topological polar surface area (TPSA) is 120 Å². The van der Waals surface area contributed by atoms with Crippen molar-refractivity contribution in [3.05, 3.63) is 54.1 Å². The van der Waals surface area contributed by atoms with Crippen molar-refractivity contribution in [2.45, 2.75) is 61.7 Å². The molecule has 0 atom stereocenters. The van der Waals surface area contributed by atoms with E-state index < -0.39 is 44.5 Å². The van der Waals surface area contributed by atoms with Crippen LogP contribution in [0.3, 0.4) is 0 Å². The van der Waals surface area contributed by atoms with Crippen LogP contribution in [0.1, 0.15) is 49.9 Å². The molecule has 1 aromatic carbocycles. The zero-order chi connectivity index (χ0) is 28.1. The molecule has 4 fully saturated rings. The number of halogens is 2. The van der Waals surface area contributed by atoms with E-state index in [2.05, 4.69) is 15.2 Å². The Bertz CT molecular complexity index is 1850. The molecule has 0 spiro atoms. The van der Waals surface area contributed by atoms with Gasteiger partial charge in [-0.2, -0.15) is 4.31 Å². The lowest BCUT2D eigenvalue weighted by Crippen LogP contribution is -2.60. The van der Waals surface area contributed by atoms with Gasteiger partial charge in [-0.15, -0.1) is 10.2 Å². The Morgan fingerprint density at radius 3 is 2.17 bits per heavy atom. The van der Waals surface area contributed by atoms with Crippen molar-refractivity contribution in [1.82, 2.24) is 27.9 Å². The Kier molecular flexibility index (Phi) is 5.38. The second-order valence-corrected chi connectivity index (χ2v) is 15.6. The van der Waals surface area contributed by atoms with Gasteiger partial charge in [-0.05, 0) is 69.1 Å². The van der Waals surface area contributed by atoms with Crippen molar-refractivity contribution in [3.8, 4) is 0 Å². The molecule has 0 radical (unpaired) electrons. The summed E-state index contributed by atoms with van der Waals surface area (Å²) in [6.45, 7) is 0.425. The van der Waals surface area contributed by atoms with Crippen LogP contribution in [0.25, 0.3) is 16.8 Å². The van der Waals surface area contributed by atoms with Crippen LogP contribution in [0, 0.1) is 12.3 Å². The maximum atomic E-state index is 13.5. The summed E-state index contributed by atoms with van der Waals surface area (Å²) in [5, 5.41) is 8.89. The first kappa shape index (κ1) is 26.0. The summed E-state index contributed by atoms with van der Waals surface area (Å²) in [5.41, 5.74) is 1.52. The molecular weight excluding hydrogens is 562 g/mol. The van der Waals surface area contributed by atoms with Gasteiger partial charge >= 0.3 is 0 Å². The van der Waals surface area contributed by atoms with Crippen molar-refractivity contribution < 1.29 is 25.6 Å². The van der Waals surface area contributed by atoms with Gasteiger partial charge in [0, 0.05) is 11.6 Å². The van der Waals surface area contributed by atoms with Gasteiger partial charge < -0.3 is 0 Å². The van der Waals surface area contributed by atoms with Gasteiger partial charge in [-0.3, -0.25) is 4.40 Å². The highest BCUT2D eigenvalue weighted by molar-refractivity contribution is 7.90. The first-order valence-electron chi connectivity index (χ1n) is 13.2. The smallest absolute Gasteiger partial charge is 0.274 e. The molecule has 1 aliphatic heterocycles. The number of aryl methyl sites for hydroxylation is 1. The van der Waals surface area contributed by atoms with Crippen LogP contribution in [0.2, 0.25) is 0 Å². The van der Waals surface area contributed by atoms with Crippen LogP contribution in [0.5, 0.6) is 0 Å². The van der Waals surface area contributed by atoms with Crippen molar-refractivity contribution in [2.24, 2.45) is 5.41 Å². The van der Waals surface area contributed by atoms with Gasteiger partial charge in [0.2, 0.25) is 10.0 Å². The van der Waals surface area contributed by atoms with E-state index in [4.69, 9.17) is 0 Å². The predicted molar refractivity (Wildman–Crippen MR) is 142 cm³/mol. The van der Waals surface area contributed by atoms with Crippen molar-refractivity contribution in [3.63, 3.8) is 0 Å². The minimum Gasteiger partial charge on any atom is -0.274 e. The maximum Gasteiger partial charge on any atom is 0.275 e. The SMILES string of the molecule is Cc1ccc(S(=O)(=O)n2ccc3c2ncc2nnc(C45CCC(CS(=O)(=O)N6CC(F)(F)C6)(CC4)CC5)n23)cc1. The fourth-order valence-electron chi connectivity index (χ4n) is 6.75. The van der Waals surface area contributed by atoms with E-state index in [0.717, 1.165) is 15.7 Å². The van der Waals surface area contributed by atoms with Gasteiger partial charge in [0.25, 0.3) is 15.9 Å². The van der Waals surface area contributed by atoms with E-state index in [1.165, 1.54) is 16.4 Å². The second kappa shape index (κ2) is 8.29. The Labute approximate surface area is 230 Å². The highest BCUT2D eigenvalue weighted by atomic mass is 32.2. The van der Waals surface area contributed by atoms with Crippen LogP contribution in [-0.4, -0.2) is 69.5 Å². The molecule has 212 valence electrons. The van der Waals surface area contributed by atoms with Crippen molar-refractivity contribution in [2.75, 3.05) is 18.8 Å². The lowest BCUT2D eigenvalue weighted by atomic mass is 9.54. The van der Waals surface area contributed by atoms with Crippen LogP contribution >= 0.6 is 0 Å². The normalized spacial score (nSPS) is 26.9. The maximum absolute atomic E-state index is 13.5. The summed E-state index contributed by atoms with van der Waals surface area (Å²) >= 11 is 0. The van der Waals surface area contributed by atoms with Gasteiger partial charge in [-0.25, -0.2) is 34.6 Å². The van der Waals surface area contributed by atoms with Crippen LogP contribution < -0.4 is 0 Å². The van der Waals surface area contributed by atoms with Crippen LogP contribution in [-0.2, 0) is 25.5 Å². The number of aromatic nitrogens is 5. The Balaban J connectivity index is 1.21. The van der Waals surface area contributed by atoms with E-state index >= 15 is 0 Å². The zero-order valence-corrected chi connectivity index (χ0v) is 23.4. The molecule has 3 aliphatic carbocycles. The summed E-state index contributed by atoms with van der Waals surface area (Å²) in [4.78, 5) is 4.58.